The molecule has 0 bridgehead atoms. The van der Waals surface area contributed by atoms with E-state index in [1.54, 1.807) is 38.1 Å². The van der Waals surface area contributed by atoms with Gasteiger partial charge in [-0.2, -0.15) is 0 Å². The monoisotopic (exact) mass is 289 g/mol. The Morgan fingerprint density at radius 1 is 1.43 bits per heavy atom. The first-order valence-corrected chi connectivity index (χ1v) is 6.46. The van der Waals surface area contributed by atoms with Crippen LogP contribution in [-0.2, 0) is 9.53 Å². The smallest absolute Gasteiger partial charge is 0.381 e. The third kappa shape index (κ3) is 3.07. The zero-order valence-corrected chi connectivity index (χ0v) is 11.7. The Morgan fingerprint density at radius 3 is 2.62 bits per heavy atom. The van der Waals surface area contributed by atoms with E-state index in [9.17, 15) is 14.9 Å². The first-order valence-electron chi connectivity index (χ1n) is 6.46. The topological polar surface area (TPSA) is 87.3 Å². The summed E-state index contributed by atoms with van der Waals surface area (Å²) in [6.45, 7) is 3.56. The molecule has 2 aromatic rings. The Hall–Kier alpha value is -2.70. The molecular weight excluding hydrogens is 274 g/mol. The first-order chi connectivity index (χ1) is 10.0. The second kappa shape index (κ2) is 6.17. The van der Waals surface area contributed by atoms with E-state index in [4.69, 9.17) is 4.74 Å². The summed E-state index contributed by atoms with van der Waals surface area (Å²) in [5, 5.41) is 10.8. The third-order valence-corrected chi connectivity index (χ3v) is 2.99. The zero-order valence-electron chi connectivity index (χ0n) is 11.7. The highest BCUT2D eigenvalue weighted by Crippen LogP contribution is 2.24. The molecule has 7 heteroatoms. The number of carbonyl (C=O) groups excluding carboxylic acids is 1. The lowest BCUT2D eigenvalue weighted by atomic mass is 10.1. The van der Waals surface area contributed by atoms with Crippen molar-refractivity contribution in [3.05, 3.63) is 58.0 Å². The predicted octanol–water partition coefficient (Wildman–Crippen LogP) is 2.25. The summed E-state index contributed by atoms with van der Waals surface area (Å²) in [7, 11) is 0. The summed E-state index contributed by atoms with van der Waals surface area (Å²) in [4.78, 5) is 26.3. The van der Waals surface area contributed by atoms with Gasteiger partial charge in [0.05, 0.1) is 6.61 Å². The molecule has 0 amide bonds. The van der Waals surface area contributed by atoms with Gasteiger partial charge in [0.1, 0.15) is 6.20 Å². The van der Waals surface area contributed by atoms with E-state index in [0.717, 1.165) is 0 Å². The lowest BCUT2D eigenvalue weighted by Crippen LogP contribution is -2.23. The number of aromatic nitrogens is 2. The number of ether oxygens (including phenoxy) is 1. The van der Waals surface area contributed by atoms with Gasteiger partial charge in [-0.15, -0.1) is 0 Å². The molecule has 7 nitrogen and oxygen atoms in total. The van der Waals surface area contributed by atoms with E-state index in [-0.39, 0.29) is 12.4 Å². The number of hydrogen-bond acceptors (Lipinski definition) is 5. The molecular formula is C14H15N3O4. The van der Waals surface area contributed by atoms with E-state index in [2.05, 4.69) is 4.98 Å². The van der Waals surface area contributed by atoms with E-state index >= 15 is 0 Å². The molecule has 0 saturated carbocycles. The van der Waals surface area contributed by atoms with Crippen LogP contribution in [0.1, 0.15) is 24.4 Å². The maximum atomic E-state index is 12.2. The number of nitrogens with zero attached hydrogens (tertiary/aromatic N) is 3. The minimum Gasteiger partial charge on any atom is -0.464 e. The van der Waals surface area contributed by atoms with Crippen LogP contribution in [-0.4, -0.2) is 27.1 Å². The van der Waals surface area contributed by atoms with Crippen molar-refractivity contribution in [2.75, 3.05) is 6.61 Å². The van der Waals surface area contributed by atoms with Gasteiger partial charge in [0.15, 0.2) is 6.04 Å². The Balaban J connectivity index is 2.50. The molecule has 0 aliphatic rings. The fraction of sp³-hybridized carbons (Fsp3) is 0.286. The fourth-order valence-corrected chi connectivity index (χ4v) is 2.09. The molecule has 2 rings (SSSR count). The highest BCUT2D eigenvalue weighted by Gasteiger charge is 2.29. The highest BCUT2D eigenvalue weighted by atomic mass is 16.6. The average Bonchev–Trinajstić information content (AvgIpc) is 2.83. The number of benzene rings is 1. The summed E-state index contributed by atoms with van der Waals surface area (Å²) in [5.74, 6) is -0.388. The van der Waals surface area contributed by atoms with Crippen molar-refractivity contribution in [3.63, 3.8) is 0 Å². The van der Waals surface area contributed by atoms with E-state index in [0.29, 0.717) is 11.4 Å². The minimum absolute atomic E-state index is 0.234. The van der Waals surface area contributed by atoms with E-state index in [1.807, 2.05) is 6.07 Å². The van der Waals surface area contributed by atoms with Crippen LogP contribution >= 0.6 is 0 Å². The molecule has 1 heterocycles. The van der Waals surface area contributed by atoms with Gasteiger partial charge >= 0.3 is 11.8 Å². The van der Waals surface area contributed by atoms with Crippen molar-refractivity contribution in [1.82, 2.24) is 9.55 Å². The molecule has 0 N–H and O–H groups in total. The molecule has 21 heavy (non-hydrogen) atoms. The summed E-state index contributed by atoms with van der Waals surface area (Å²) < 4.78 is 6.54. The Bertz CT molecular complexity index is 651. The normalized spacial score (nSPS) is 11.9. The van der Waals surface area contributed by atoms with Crippen LogP contribution in [0.2, 0.25) is 0 Å². The molecule has 1 aromatic carbocycles. The van der Waals surface area contributed by atoms with Crippen LogP contribution in [0, 0.1) is 17.0 Å². The van der Waals surface area contributed by atoms with Crippen molar-refractivity contribution in [1.29, 1.82) is 0 Å². The third-order valence-electron chi connectivity index (χ3n) is 2.99. The molecule has 0 saturated heterocycles. The molecule has 110 valence electrons. The van der Waals surface area contributed by atoms with Gasteiger partial charge in [-0.3, -0.25) is 4.57 Å². The first kappa shape index (κ1) is 14.7. The molecule has 0 aliphatic heterocycles. The molecule has 1 atom stereocenters. The van der Waals surface area contributed by atoms with Gasteiger partial charge < -0.3 is 14.9 Å². The van der Waals surface area contributed by atoms with Crippen LogP contribution in [0.4, 0.5) is 5.82 Å². The van der Waals surface area contributed by atoms with Gasteiger partial charge in [-0.25, -0.2) is 4.79 Å². The summed E-state index contributed by atoms with van der Waals surface area (Å²) in [5.41, 5.74) is 0.686. The average molecular weight is 289 g/mol. The van der Waals surface area contributed by atoms with Crippen LogP contribution in [0.25, 0.3) is 0 Å². The fourth-order valence-electron chi connectivity index (χ4n) is 2.09. The maximum absolute atomic E-state index is 12.2. The quantitative estimate of drug-likeness (QED) is 0.478. The number of nitro groups is 1. The minimum atomic E-state index is -0.785. The number of hydrogen-bond donors (Lipinski definition) is 0. The molecule has 0 spiro atoms. The molecule has 0 fully saturated rings. The molecule has 1 aromatic heterocycles. The largest absolute Gasteiger partial charge is 0.464 e. The van der Waals surface area contributed by atoms with Crippen molar-refractivity contribution < 1.29 is 14.5 Å². The Kier molecular flexibility index (Phi) is 4.32. The van der Waals surface area contributed by atoms with Gasteiger partial charge in [0, 0.05) is 6.92 Å². The van der Waals surface area contributed by atoms with Crippen molar-refractivity contribution in [2.24, 2.45) is 0 Å². The number of imidazole rings is 1. The summed E-state index contributed by atoms with van der Waals surface area (Å²) >= 11 is 0. The number of esters is 1. The van der Waals surface area contributed by atoms with Crippen molar-refractivity contribution >= 4 is 11.8 Å². The van der Waals surface area contributed by atoms with E-state index in [1.165, 1.54) is 10.8 Å². The van der Waals surface area contributed by atoms with Gasteiger partial charge in [-0.1, -0.05) is 30.3 Å². The Morgan fingerprint density at radius 2 is 2.10 bits per heavy atom. The van der Waals surface area contributed by atoms with Crippen LogP contribution in [0.3, 0.4) is 0 Å². The SMILES string of the molecule is CCOC(=O)C(c1ccccc1)n1cc([N+](=O)[O-])nc1C. The van der Waals surface area contributed by atoms with Gasteiger partial charge in [-0.05, 0) is 22.4 Å². The van der Waals surface area contributed by atoms with Crippen molar-refractivity contribution in [3.8, 4) is 0 Å². The van der Waals surface area contributed by atoms with Gasteiger partial charge in [0.2, 0.25) is 5.82 Å². The lowest BCUT2D eigenvalue weighted by molar-refractivity contribution is -0.389. The van der Waals surface area contributed by atoms with Crippen LogP contribution in [0.15, 0.2) is 36.5 Å². The standard InChI is InChI=1S/C14H15N3O4/c1-3-21-14(18)13(11-7-5-4-6-8-11)16-9-12(17(19)20)15-10(16)2/h4-9,13H,3H2,1-2H3. The maximum Gasteiger partial charge on any atom is 0.381 e. The molecule has 0 aliphatic carbocycles. The van der Waals surface area contributed by atoms with Crippen molar-refractivity contribution in [2.45, 2.75) is 19.9 Å². The Labute approximate surface area is 121 Å². The predicted molar refractivity (Wildman–Crippen MR) is 74.8 cm³/mol. The number of aryl methyl sites for hydroxylation is 1. The number of carbonyl (C=O) groups is 1. The molecule has 0 radical (unpaired) electrons. The lowest BCUT2D eigenvalue weighted by Gasteiger charge is -2.17. The zero-order chi connectivity index (χ0) is 15.4. The van der Waals surface area contributed by atoms with Crippen LogP contribution < -0.4 is 0 Å². The highest BCUT2D eigenvalue weighted by molar-refractivity contribution is 5.78. The summed E-state index contributed by atoms with van der Waals surface area (Å²) in [6, 6.07) is 8.17. The van der Waals surface area contributed by atoms with Crippen LogP contribution in [0.5, 0.6) is 0 Å². The number of rotatable bonds is 5. The van der Waals surface area contributed by atoms with E-state index < -0.39 is 16.9 Å². The van der Waals surface area contributed by atoms with Gasteiger partial charge in [0.25, 0.3) is 0 Å². The second-order valence-electron chi connectivity index (χ2n) is 4.38. The second-order valence-corrected chi connectivity index (χ2v) is 4.38. The molecule has 1 unspecified atom stereocenters. The summed E-state index contributed by atoms with van der Waals surface area (Å²) in [6.07, 6.45) is 1.25.